The van der Waals surface area contributed by atoms with E-state index in [0.29, 0.717) is 22.9 Å². The molecule has 8 aromatic rings. The van der Waals surface area contributed by atoms with Crippen molar-refractivity contribution >= 4 is 108 Å². The Morgan fingerprint density at radius 3 is 1.30 bits per heavy atom. The molecule has 8 heterocycles. The van der Waals surface area contributed by atoms with Crippen molar-refractivity contribution in [2.75, 3.05) is 105 Å². The molecule has 4 aliphatic heterocycles. The standard InChI is InChI=1S/C28H30FN5O.C27H28FN5O.CH4.Al.3ClH/c1-35-22-18-20-4-2-10-30-27(20)26(19-22)34-16-14-32(15-17-34)21-8-12-33(13-9-21)25-7-6-24(29)23-5-3-11-31-28(23)25;28-23-5-6-24(27-22(23)4-2-10-30-27)32-11-7-20(8-12-32)31-13-15-33(16-14-31)25-18-21(34)17-19-3-1-9-29-26(19)25;;;;;/h2-7,10-11,18-19,21H,8-9,12-17H2,1H3;1-6,9-10,17-18,20,34H,7-8,11-16H2;1H4;;3*1H/q;;;+3;;;/p-3. The maximum atomic E-state index is 14.2. The average Bonchev–Trinajstić information content (AvgIpc) is 3.43. The summed E-state index contributed by atoms with van der Waals surface area (Å²) in [5.41, 5.74) is 7.75. The van der Waals surface area contributed by atoms with Crippen LogP contribution in [-0.2, 0) is 0 Å². The summed E-state index contributed by atoms with van der Waals surface area (Å²) in [6, 6.07) is 31.0. The number of methoxy groups -OCH3 is 1. The number of fused-ring (bicyclic) bond motifs is 4. The number of hydrogen-bond donors (Lipinski definition) is 1. The number of hydrogen-bond acceptors (Lipinski definition) is 12. The summed E-state index contributed by atoms with van der Waals surface area (Å²) in [5, 5.41) is 13.5. The van der Waals surface area contributed by atoms with Gasteiger partial charge in [0, 0.05) is 149 Å². The predicted molar refractivity (Wildman–Crippen MR) is 303 cm³/mol. The van der Waals surface area contributed by atoms with Crippen molar-refractivity contribution in [1.29, 1.82) is 0 Å². The van der Waals surface area contributed by atoms with E-state index in [1.807, 2.05) is 54.9 Å². The van der Waals surface area contributed by atoms with Crippen molar-refractivity contribution < 1.29 is 18.6 Å². The minimum atomic E-state index is -1.72. The molecule has 1 N–H and O–H groups in total. The van der Waals surface area contributed by atoms with Crippen LogP contribution in [0.1, 0.15) is 33.1 Å². The lowest BCUT2D eigenvalue weighted by molar-refractivity contribution is 0.160. The zero-order chi connectivity index (χ0) is 50.4. The smallest absolute Gasteiger partial charge is 0.508 e. The zero-order valence-corrected chi connectivity index (χ0v) is 44.2. The SMILES string of the molecule is C.COc1cc(N2CCN(C3CCN(c4ccc(F)c5cccnc45)CC3)CC2)c2ncccc2c1.Oc1cc(N2CCN(C3CCN(c4ccc(F)c5cccnc45)CC3)CC2)c2ncccc2c1.[Cl][Al]([Cl])[Cl]. The number of phenols is 1. The summed E-state index contributed by atoms with van der Waals surface area (Å²) in [5.74, 6) is 0.740. The molecular weight excluding hydrogens is 1020 g/mol. The van der Waals surface area contributed by atoms with Crippen LogP contribution in [0, 0.1) is 11.6 Å². The lowest BCUT2D eigenvalue weighted by Gasteiger charge is -2.44. The molecule has 12 nitrogen and oxygen atoms in total. The highest BCUT2D eigenvalue weighted by atomic mass is 35.8. The summed E-state index contributed by atoms with van der Waals surface area (Å²) in [7, 11) is 16.6. The first-order valence-electron chi connectivity index (χ1n) is 25.1. The van der Waals surface area contributed by atoms with Crippen LogP contribution in [0.25, 0.3) is 43.6 Å². The Morgan fingerprint density at radius 2 is 0.865 bits per heavy atom. The predicted octanol–water partition coefficient (Wildman–Crippen LogP) is 11.5. The Morgan fingerprint density at radius 1 is 0.486 bits per heavy atom. The van der Waals surface area contributed by atoms with Gasteiger partial charge in [-0.2, -0.15) is 0 Å². The first kappa shape index (κ1) is 53.3. The van der Waals surface area contributed by atoms with E-state index in [-0.39, 0.29) is 24.8 Å². The van der Waals surface area contributed by atoms with Gasteiger partial charge in [-0.25, -0.2) is 38.9 Å². The number of anilines is 4. The van der Waals surface area contributed by atoms with Crippen molar-refractivity contribution in [3.05, 3.63) is 133 Å². The van der Waals surface area contributed by atoms with E-state index in [0.717, 1.165) is 166 Å². The van der Waals surface area contributed by atoms with Crippen LogP contribution in [0.4, 0.5) is 31.5 Å². The third kappa shape index (κ3) is 12.0. The molecule has 4 fully saturated rings. The van der Waals surface area contributed by atoms with Crippen molar-refractivity contribution in [3.8, 4) is 11.5 Å². The third-order valence-corrected chi connectivity index (χ3v) is 14.9. The number of benzene rings is 4. The zero-order valence-electron chi connectivity index (χ0n) is 40.8. The van der Waals surface area contributed by atoms with E-state index in [1.165, 1.54) is 0 Å². The number of aromatic hydroxyl groups is 1. The Hall–Kier alpha value is -5.50. The second kappa shape index (κ2) is 24.4. The van der Waals surface area contributed by atoms with Crippen molar-refractivity contribution in [1.82, 2.24) is 29.7 Å². The molecule has 0 bridgehead atoms. The third-order valence-electron chi connectivity index (χ3n) is 14.9. The van der Waals surface area contributed by atoms with Gasteiger partial charge in [-0.3, -0.25) is 29.7 Å². The second-order valence-electron chi connectivity index (χ2n) is 18.9. The Kier molecular flexibility index (Phi) is 17.6. The van der Waals surface area contributed by atoms with Gasteiger partial charge in [-0.15, -0.1) is 0 Å². The highest BCUT2D eigenvalue weighted by molar-refractivity contribution is 7.54. The fraction of sp³-hybridized carbons (Fsp3) is 0.357. The van der Waals surface area contributed by atoms with Gasteiger partial charge < -0.3 is 29.4 Å². The summed E-state index contributed by atoms with van der Waals surface area (Å²) in [4.78, 5) is 32.9. The molecule has 4 aromatic heterocycles. The Bertz CT molecular complexity index is 3170. The van der Waals surface area contributed by atoms with Crippen molar-refractivity contribution in [3.63, 3.8) is 0 Å². The molecule has 0 amide bonds. The van der Waals surface area contributed by atoms with Gasteiger partial charge in [0.25, 0.3) is 0 Å². The molecular formula is C56H62AlCl3F2N10O2. The van der Waals surface area contributed by atoms with E-state index in [9.17, 15) is 13.9 Å². The van der Waals surface area contributed by atoms with Crippen molar-refractivity contribution in [2.45, 2.75) is 45.2 Å². The lowest BCUT2D eigenvalue weighted by atomic mass is 10.0. The highest BCUT2D eigenvalue weighted by Gasteiger charge is 2.31. The summed E-state index contributed by atoms with van der Waals surface area (Å²) < 4.78 is 34.0. The number of phenolic OH excluding ortho intramolecular Hbond substituents is 1. The van der Waals surface area contributed by atoms with E-state index >= 15 is 0 Å². The molecule has 0 radical (unpaired) electrons. The second-order valence-corrected chi connectivity index (χ2v) is 25.4. The first-order valence-corrected chi connectivity index (χ1v) is 30.3. The van der Waals surface area contributed by atoms with Gasteiger partial charge in [0.05, 0.1) is 51.9 Å². The van der Waals surface area contributed by atoms with Gasteiger partial charge in [0.2, 0.25) is 0 Å². The Balaban J connectivity index is 0.000000168. The monoisotopic (exact) mass is 1080 g/mol. The minimum absolute atomic E-state index is 0. The summed E-state index contributed by atoms with van der Waals surface area (Å²) in [6.45, 7) is 11.7. The number of piperazine rings is 2. The molecule has 4 saturated heterocycles. The maximum Gasteiger partial charge on any atom is 0.643 e. The van der Waals surface area contributed by atoms with E-state index in [2.05, 4.69) is 67.5 Å². The van der Waals surface area contributed by atoms with Gasteiger partial charge in [0.15, 0.2) is 0 Å². The molecule has 0 unspecified atom stereocenters. The largest absolute Gasteiger partial charge is 0.643 e. The van der Waals surface area contributed by atoms with Crippen LogP contribution in [0.2, 0.25) is 0 Å². The van der Waals surface area contributed by atoms with Crippen LogP contribution in [0.15, 0.2) is 122 Å². The minimum Gasteiger partial charge on any atom is -0.508 e. The molecule has 386 valence electrons. The van der Waals surface area contributed by atoms with Gasteiger partial charge in [-0.05, 0) is 98.5 Å². The number of aromatic nitrogens is 4. The fourth-order valence-electron chi connectivity index (χ4n) is 11.3. The number of piperidine rings is 2. The summed E-state index contributed by atoms with van der Waals surface area (Å²) in [6.07, 6.45) is 11.5. The van der Waals surface area contributed by atoms with Crippen molar-refractivity contribution in [2.24, 2.45) is 0 Å². The molecule has 4 aromatic carbocycles. The van der Waals surface area contributed by atoms with Crippen LogP contribution in [0.5, 0.6) is 11.5 Å². The topological polar surface area (TPSA) is 100 Å². The molecule has 74 heavy (non-hydrogen) atoms. The maximum absolute atomic E-state index is 14.2. The van der Waals surface area contributed by atoms with Gasteiger partial charge in [0.1, 0.15) is 23.1 Å². The van der Waals surface area contributed by atoms with Gasteiger partial charge >= 0.3 is 11.4 Å². The van der Waals surface area contributed by atoms with Crippen LogP contribution in [0.3, 0.4) is 0 Å². The van der Waals surface area contributed by atoms with Crippen LogP contribution >= 0.6 is 30.1 Å². The van der Waals surface area contributed by atoms with Gasteiger partial charge in [-0.1, -0.05) is 19.6 Å². The molecule has 0 saturated carbocycles. The average molecular weight is 1080 g/mol. The van der Waals surface area contributed by atoms with E-state index < -0.39 is 11.4 Å². The molecule has 0 atom stereocenters. The number of halogens is 5. The molecule has 12 rings (SSSR count). The van der Waals surface area contributed by atoms with Crippen LogP contribution in [-0.4, -0.2) is 144 Å². The Labute approximate surface area is 449 Å². The number of ether oxygens (including phenoxy) is 1. The first-order chi connectivity index (χ1) is 35.6. The molecule has 0 spiro atoms. The number of nitrogens with zero attached hydrogens (tertiary/aromatic N) is 10. The van der Waals surface area contributed by atoms with Crippen LogP contribution < -0.4 is 24.3 Å². The quantitative estimate of drug-likeness (QED) is 0.154. The number of rotatable bonds is 7. The number of pyridine rings is 4. The van der Waals surface area contributed by atoms with E-state index in [1.54, 1.807) is 55.9 Å². The molecule has 0 aliphatic carbocycles. The van der Waals surface area contributed by atoms with E-state index in [4.69, 9.17) is 34.9 Å². The molecule has 18 heteroatoms. The lowest BCUT2D eigenvalue weighted by Crippen LogP contribution is -2.53. The normalized spacial score (nSPS) is 17.2. The fourth-order valence-corrected chi connectivity index (χ4v) is 11.3. The highest BCUT2D eigenvalue weighted by Crippen LogP contribution is 2.36. The molecule has 4 aliphatic rings. The summed E-state index contributed by atoms with van der Waals surface area (Å²) >= 11 is -1.72.